The summed E-state index contributed by atoms with van der Waals surface area (Å²) < 4.78 is 20.3. The van der Waals surface area contributed by atoms with Crippen molar-refractivity contribution >= 4 is 28.6 Å². The maximum absolute atomic E-state index is 13.4. The van der Waals surface area contributed by atoms with Gasteiger partial charge in [-0.25, -0.2) is 9.37 Å². The van der Waals surface area contributed by atoms with Gasteiger partial charge in [0.05, 0.1) is 28.3 Å². The van der Waals surface area contributed by atoms with Gasteiger partial charge < -0.3 is 14.8 Å². The quantitative estimate of drug-likeness (QED) is 0.788. The summed E-state index contributed by atoms with van der Waals surface area (Å²) in [4.78, 5) is 4.15. The Morgan fingerprint density at radius 2 is 2.15 bits per heavy atom. The van der Waals surface area contributed by atoms with Crippen LogP contribution in [0.5, 0.6) is 0 Å². The van der Waals surface area contributed by atoms with Crippen LogP contribution in [0.15, 0.2) is 16.7 Å². The summed E-state index contributed by atoms with van der Waals surface area (Å²) in [6.45, 7) is 4.14. The number of aryl methyl sites for hydroxylation is 2. The SMILES string of the molecule is Cc1noc(C)c1Cn1c(N)nc2cc(F)c(Cl)cc21. The number of fused-ring (bicyclic) bond motifs is 1. The van der Waals surface area contributed by atoms with Crippen LogP contribution < -0.4 is 5.73 Å². The normalized spacial score (nSPS) is 11.4. The summed E-state index contributed by atoms with van der Waals surface area (Å²) in [7, 11) is 0. The number of imidazole rings is 1. The summed E-state index contributed by atoms with van der Waals surface area (Å²) in [5.41, 5.74) is 8.77. The first kappa shape index (κ1) is 12.9. The number of hydrogen-bond acceptors (Lipinski definition) is 4. The van der Waals surface area contributed by atoms with Crippen molar-refractivity contribution in [2.75, 3.05) is 5.73 Å². The smallest absolute Gasteiger partial charge is 0.201 e. The van der Waals surface area contributed by atoms with Crippen LogP contribution in [0.2, 0.25) is 5.02 Å². The first-order valence-electron chi connectivity index (χ1n) is 6.00. The van der Waals surface area contributed by atoms with Crippen LogP contribution in [0.3, 0.4) is 0 Å². The van der Waals surface area contributed by atoms with Gasteiger partial charge in [0.2, 0.25) is 5.95 Å². The Morgan fingerprint density at radius 1 is 1.40 bits per heavy atom. The van der Waals surface area contributed by atoms with Gasteiger partial charge in [-0.15, -0.1) is 0 Å². The van der Waals surface area contributed by atoms with Crippen LogP contribution in [0, 0.1) is 19.7 Å². The van der Waals surface area contributed by atoms with E-state index in [0.717, 1.165) is 17.0 Å². The highest BCUT2D eigenvalue weighted by molar-refractivity contribution is 6.31. The average Bonchev–Trinajstić information content (AvgIpc) is 2.85. The Morgan fingerprint density at radius 3 is 2.80 bits per heavy atom. The van der Waals surface area contributed by atoms with E-state index in [1.807, 2.05) is 13.8 Å². The van der Waals surface area contributed by atoms with E-state index in [2.05, 4.69) is 10.1 Å². The molecule has 2 heterocycles. The monoisotopic (exact) mass is 294 g/mol. The van der Waals surface area contributed by atoms with Crippen LogP contribution in [-0.4, -0.2) is 14.7 Å². The summed E-state index contributed by atoms with van der Waals surface area (Å²) in [5.74, 6) is 0.500. The van der Waals surface area contributed by atoms with Crippen molar-refractivity contribution < 1.29 is 8.91 Å². The number of rotatable bonds is 2. The van der Waals surface area contributed by atoms with Gasteiger partial charge >= 0.3 is 0 Å². The van der Waals surface area contributed by atoms with Crippen LogP contribution in [0.4, 0.5) is 10.3 Å². The van der Waals surface area contributed by atoms with E-state index >= 15 is 0 Å². The molecule has 0 fully saturated rings. The number of nitrogens with zero attached hydrogens (tertiary/aromatic N) is 3. The molecule has 0 spiro atoms. The van der Waals surface area contributed by atoms with Crippen molar-refractivity contribution in [1.82, 2.24) is 14.7 Å². The molecule has 7 heteroatoms. The van der Waals surface area contributed by atoms with Gasteiger partial charge in [-0.05, 0) is 19.9 Å². The van der Waals surface area contributed by atoms with E-state index in [9.17, 15) is 4.39 Å². The van der Waals surface area contributed by atoms with Crippen LogP contribution in [0.1, 0.15) is 17.0 Å². The van der Waals surface area contributed by atoms with Gasteiger partial charge in [0.15, 0.2) is 0 Å². The number of anilines is 1. The number of nitrogen functional groups attached to an aromatic ring is 1. The van der Waals surface area contributed by atoms with E-state index in [1.165, 1.54) is 12.1 Å². The minimum Gasteiger partial charge on any atom is -0.369 e. The van der Waals surface area contributed by atoms with E-state index in [0.29, 0.717) is 23.5 Å². The van der Waals surface area contributed by atoms with Gasteiger partial charge in [-0.1, -0.05) is 16.8 Å². The standard InChI is InChI=1S/C13H12ClFN4O/c1-6-8(7(2)20-18-6)5-19-12-3-9(14)10(15)4-11(12)17-13(19)16/h3-4H,5H2,1-2H3,(H2,16,17). The van der Waals surface area contributed by atoms with Crippen molar-refractivity contribution in [2.45, 2.75) is 20.4 Å². The number of nitrogens with two attached hydrogens (primary N) is 1. The Kier molecular flexibility index (Phi) is 2.90. The van der Waals surface area contributed by atoms with Crippen molar-refractivity contribution in [1.29, 1.82) is 0 Å². The van der Waals surface area contributed by atoms with Gasteiger partial charge in [-0.2, -0.15) is 0 Å². The zero-order chi connectivity index (χ0) is 14.4. The lowest BCUT2D eigenvalue weighted by Crippen LogP contribution is -2.05. The van der Waals surface area contributed by atoms with Crippen molar-refractivity contribution in [2.24, 2.45) is 0 Å². The molecule has 0 unspecified atom stereocenters. The molecule has 2 N–H and O–H groups in total. The molecule has 5 nitrogen and oxygen atoms in total. The van der Waals surface area contributed by atoms with Crippen molar-refractivity contribution in [3.63, 3.8) is 0 Å². The highest BCUT2D eigenvalue weighted by Crippen LogP contribution is 2.26. The zero-order valence-corrected chi connectivity index (χ0v) is 11.7. The molecule has 0 atom stereocenters. The van der Waals surface area contributed by atoms with Crippen LogP contribution in [0.25, 0.3) is 11.0 Å². The summed E-state index contributed by atoms with van der Waals surface area (Å²) >= 11 is 5.83. The largest absolute Gasteiger partial charge is 0.369 e. The molecule has 2 aromatic heterocycles. The third kappa shape index (κ3) is 1.92. The van der Waals surface area contributed by atoms with E-state index < -0.39 is 5.82 Å². The third-order valence-electron chi connectivity index (χ3n) is 3.32. The second-order valence-electron chi connectivity index (χ2n) is 4.61. The fourth-order valence-corrected chi connectivity index (χ4v) is 2.35. The van der Waals surface area contributed by atoms with Crippen molar-refractivity contribution in [3.8, 4) is 0 Å². The highest BCUT2D eigenvalue weighted by Gasteiger charge is 2.16. The average molecular weight is 295 g/mol. The van der Waals surface area contributed by atoms with Gasteiger partial charge in [-0.3, -0.25) is 0 Å². The Bertz CT molecular complexity index is 789. The fourth-order valence-electron chi connectivity index (χ4n) is 2.19. The predicted molar refractivity (Wildman–Crippen MR) is 74.2 cm³/mol. The molecule has 0 aliphatic heterocycles. The molecule has 3 aromatic rings. The van der Waals surface area contributed by atoms with Gasteiger partial charge in [0.1, 0.15) is 11.6 Å². The van der Waals surface area contributed by atoms with E-state index in [-0.39, 0.29) is 5.02 Å². The summed E-state index contributed by atoms with van der Waals surface area (Å²) in [5, 5.41) is 3.94. The van der Waals surface area contributed by atoms with Gasteiger partial charge in [0, 0.05) is 11.6 Å². The van der Waals surface area contributed by atoms with E-state index in [4.69, 9.17) is 21.9 Å². The van der Waals surface area contributed by atoms with Crippen LogP contribution in [-0.2, 0) is 6.54 Å². The molecular formula is C13H12ClFN4O. The topological polar surface area (TPSA) is 69.9 Å². The lowest BCUT2D eigenvalue weighted by molar-refractivity contribution is 0.392. The molecule has 1 aromatic carbocycles. The Hall–Kier alpha value is -2.08. The lowest BCUT2D eigenvalue weighted by atomic mass is 10.2. The first-order valence-corrected chi connectivity index (χ1v) is 6.37. The molecule has 20 heavy (non-hydrogen) atoms. The molecule has 0 amide bonds. The fraction of sp³-hybridized carbons (Fsp3) is 0.231. The van der Waals surface area contributed by atoms with Gasteiger partial charge in [0.25, 0.3) is 0 Å². The molecular weight excluding hydrogens is 283 g/mol. The molecule has 0 aliphatic rings. The predicted octanol–water partition coefficient (Wildman–Crippen LogP) is 3.06. The minimum atomic E-state index is -0.513. The number of benzene rings is 1. The summed E-state index contributed by atoms with van der Waals surface area (Å²) in [6, 6.07) is 2.80. The molecule has 0 saturated carbocycles. The Labute approximate surface area is 119 Å². The first-order chi connectivity index (χ1) is 9.47. The molecule has 0 aliphatic carbocycles. The molecule has 3 rings (SSSR count). The number of halogens is 2. The Balaban J connectivity index is 2.16. The molecule has 0 saturated heterocycles. The maximum atomic E-state index is 13.4. The molecule has 0 radical (unpaired) electrons. The number of aromatic nitrogens is 3. The number of hydrogen-bond donors (Lipinski definition) is 1. The lowest BCUT2D eigenvalue weighted by Gasteiger charge is -2.06. The third-order valence-corrected chi connectivity index (χ3v) is 3.61. The highest BCUT2D eigenvalue weighted by atomic mass is 35.5. The molecule has 0 bridgehead atoms. The summed E-state index contributed by atoms with van der Waals surface area (Å²) in [6.07, 6.45) is 0. The van der Waals surface area contributed by atoms with E-state index in [1.54, 1.807) is 4.57 Å². The van der Waals surface area contributed by atoms with Crippen LogP contribution >= 0.6 is 11.6 Å². The maximum Gasteiger partial charge on any atom is 0.201 e. The second kappa shape index (κ2) is 4.49. The second-order valence-corrected chi connectivity index (χ2v) is 5.02. The molecule has 104 valence electrons. The van der Waals surface area contributed by atoms with Crippen molar-refractivity contribution in [3.05, 3.63) is 40.0 Å². The minimum absolute atomic E-state index is 0.0393. The zero-order valence-electron chi connectivity index (χ0n) is 10.9.